The highest BCUT2D eigenvalue weighted by Gasteiger charge is 2.53. The Morgan fingerprint density at radius 1 is 1.19 bits per heavy atom. The second-order valence-electron chi connectivity index (χ2n) is 6.27. The van der Waals surface area contributed by atoms with E-state index in [0.717, 1.165) is 5.56 Å². The summed E-state index contributed by atoms with van der Waals surface area (Å²) in [5.41, 5.74) is -0.579. The second-order valence-corrected chi connectivity index (χ2v) is 6.27. The number of ether oxygens (including phenoxy) is 2. The van der Waals surface area contributed by atoms with Crippen molar-refractivity contribution in [3.63, 3.8) is 0 Å². The van der Waals surface area contributed by atoms with Gasteiger partial charge in [-0.2, -0.15) is 0 Å². The minimum absolute atomic E-state index is 0.206. The van der Waals surface area contributed by atoms with Gasteiger partial charge >= 0.3 is 12.1 Å². The Balaban J connectivity index is 1.85. The number of alkyl carbamates (subject to hydrolysis) is 1. The van der Waals surface area contributed by atoms with Gasteiger partial charge in [-0.1, -0.05) is 30.3 Å². The number of nitrogens with one attached hydrogen (secondary N) is 1. The van der Waals surface area contributed by atoms with Crippen molar-refractivity contribution in [1.29, 1.82) is 0 Å². The van der Waals surface area contributed by atoms with Crippen LogP contribution in [0.15, 0.2) is 30.3 Å². The third-order valence-corrected chi connectivity index (χ3v) is 3.09. The van der Waals surface area contributed by atoms with Crippen LogP contribution in [0, 0.1) is 0 Å². The van der Waals surface area contributed by atoms with Gasteiger partial charge in [0.25, 0.3) is 0 Å². The van der Waals surface area contributed by atoms with Gasteiger partial charge in [0, 0.05) is 0 Å². The zero-order chi connectivity index (χ0) is 15.5. The maximum Gasteiger partial charge on any atom is 0.408 e. The van der Waals surface area contributed by atoms with Gasteiger partial charge in [-0.05, 0) is 39.2 Å². The van der Waals surface area contributed by atoms with Crippen molar-refractivity contribution in [3.05, 3.63) is 35.9 Å². The normalized spacial score (nSPS) is 16.0. The molecule has 0 heterocycles. The fourth-order valence-electron chi connectivity index (χ4n) is 1.87. The lowest BCUT2D eigenvalue weighted by molar-refractivity contribution is -0.148. The van der Waals surface area contributed by atoms with Crippen LogP contribution < -0.4 is 5.32 Å². The van der Waals surface area contributed by atoms with Crippen LogP contribution in [0.3, 0.4) is 0 Å². The van der Waals surface area contributed by atoms with E-state index in [0.29, 0.717) is 12.8 Å². The van der Waals surface area contributed by atoms with Gasteiger partial charge in [0.1, 0.15) is 17.7 Å². The predicted octanol–water partition coefficient (Wildman–Crippen LogP) is 2.79. The molecule has 0 radical (unpaired) electrons. The van der Waals surface area contributed by atoms with Crippen LogP contribution in [-0.4, -0.2) is 23.2 Å². The van der Waals surface area contributed by atoms with E-state index in [9.17, 15) is 9.59 Å². The molecule has 0 bridgehead atoms. The second kappa shape index (κ2) is 5.76. The molecule has 0 aliphatic heterocycles. The van der Waals surface area contributed by atoms with E-state index >= 15 is 0 Å². The van der Waals surface area contributed by atoms with E-state index in [1.165, 1.54) is 0 Å². The summed E-state index contributed by atoms with van der Waals surface area (Å²) in [4.78, 5) is 23.9. The fraction of sp³-hybridized carbons (Fsp3) is 0.500. The summed E-state index contributed by atoms with van der Waals surface area (Å²) < 4.78 is 10.4. The van der Waals surface area contributed by atoms with Crippen LogP contribution in [0.1, 0.15) is 39.2 Å². The number of amides is 1. The molecule has 1 amide bonds. The molecule has 0 saturated heterocycles. The summed E-state index contributed by atoms with van der Waals surface area (Å²) >= 11 is 0. The number of rotatable bonds is 4. The van der Waals surface area contributed by atoms with Crippen molar-refractivity contribution >= 4 is 12.1 Å². The Labute approximate surface area is 124 Å². The minimum atomic E-state index is -0.906. The lowest BCUT2D eigenvalue weighted by atomic mass is 10.2. The molecule has 5 nitrogen and oxygen atoms in total. The molecular weight excluding hydrogens is 270 g/mol. The van der Waals surface area contributed by atoms with Gasteiger partial charge in [0.15, 0.2) is 0 Å². The van der Waals surface area contributed by atoms with Crippen LogP contribution in [0.5, 0.6) is 0 Å². The smallest absolute Gasteiger partial charge is 0.408 e. The topological polar surface area (TPSA) is 64.6 Å². The van der Waals surface area contributed by atoms with Gasteiger partial charge in [-0.25, -0.2) is 9.59 Å². The van der Waals surface area contributed by atoms with Crippen molar-refractivity contribution in [2.75, 3.05) is 0 Å². The van der Waals surface area contributed by atoms with Gasteiger partial charge in [-0.15, -0.1) is 0 Å². The summed E-state index contributed by atoms with van der Waals surface area (Å²) in [6.45, 7) is 5.54. The van der Waals surface area contributed by atoms with E-state index in [2.05, 4.69) is 5.32 Å². The van der Waals surface area contributed by atoms with E-state index in [1.54, 1.807) is 20.8 Å². The molecule has 1 aromatic carbocycles. The summed E-state index contributed by atoms with van der Waals surface area (Å²) in [6, 6.07) is 9.43. The van der Waals surface area contributed by atoms with Gasteiger partial charge in [0.05, 0.1) is 0 Å². The molecule has 21 heavy (non-hydrogen) atoms. The maximum atomic E-state index is 12.1. The molecule has 0 atom stereocenters. The maximum absolute atomic E-state index is 12.1. The molecule has 1 aromatic rings. The van der Waals surface area contributed by atoms with Crippen molar-refractivity contribution in [2.45, 2.75) is 51.4 Å². The fourth-order valence-corrected chi connectivity index (χ4v) is 1.87. The molecule has 1 saturated carbocycles. The third kappa shape index (κ3) is 4.48. The summed E-state index contributed by atoms with van der Waals surface area (Å²) in [7, 11) is 0. The lowest BCUT2D eigenvalue weighted by Gasteiger charge is -2.22. The number of hydrogen-bond donors (Lipinski definition) is 1. The molecule has 1 fully saturated rings. The SMILES string of the molecule is CC(C)(C)OC(=O)NC1(C(=O)OCc2ccccc2)CC1. The van der Waals surface area contributed by atoms with Crippen molar-refractivity contribution in [1.82, 2.24) is 5.32 Å². The molecule has 1 aliphatic carbocycles. The standard InChI is InChI=1S/C16H21NO4/c1-15(2,3)21-14(19)17-16(9-10-16)13(18)20-11-12-7-5-4-6-8-12/h4-8H,9-11H2,1-3H3,(H,17,19). The Morgan fingerprint density at radius 3 is 2.33 bits per heavy atom. The Hall–Kier alpha value is -2.04. The van der Waals surface area contributed by atoms with Gasteiger partial charge < -0.3 is 14.8 Å². The average Bonchev–Trinajstić information content (AvgIpc) is 3.15. The predicted molar refractivity (Wildman–Crippen MR) is 77.6 cm³/mol. The first-order chi connectivity index (χ1) is 9.81. The molecule has 1 N–H and O–H groups in total. The first-order valence-electron chi connectivity index (χ1n) is 7.03. The van der Waals surface area contributed by atoms with Crippen LogP contribution in [0.2, 0.25) is 0 Å². The summed E-state index contributed by atoms with van der Waals surface area (Å²) in [5.74, 6) is -0.405. The molecular formula is C16H21NO4. The van der Waals surface area contributed by atoms with Crippen LogP contribution in [0.4, 0.5) is 4.79 Å². The Morgan fingerprint density at radius 2 is 1.81 bits per heavy atom. The first kappa shape index (κ1) is 15.4. The van der Waals surface area contributed by atoms with Crippen LogP contribution >= 0.6 is 0 Å². The quantitative estimate of drug-likeness (QED) is 0.866. The van der Waals surface area contributed by atoms with E-state index in [-0.39, 0.29) is 6.61 Å². The Kier molecular flexibility index (Phi) is 4.21. The molecule has 0 aromatic heterocycles. The van der Waals surface area contributed by atoms with Gasteiger partial charge in [-0.3, -0.25) is 0 Å². The van der Waals surface area contributed by atoms with E-state index < -0.39 is 23.2 Å². The Bertz CT molecular complexity index is 515. The average molecular weight is 291 g/mol. The van der Waals surface area contributed by atoms with Crippen molar-refractivity contribution < 1.29 is 19.1 Å². The minimum Gasteiger partial charge on any atom is -0.459 e. The molecule has 5 heteroatoms. The highest BCUT2D eigenvalue weighted by Crippen LogP contribution is 2.37. The summed E-state index contributed by atoms with van der Waals surface area (Å²) in [6.07, 6.45) is 0.580. The highest BCUT2D eigenvalue weighted by atomic mass is 16.6. The monoisotopic (exact) mass is 291 g/mol. The van der Waals surface area contributed by atoms with Crippen molar-refractivity contribution in [2.24, 2.45) is 0 Å². The zero-order valence-electron chi connectivity index (χ0n) is 12.6. The number of carbonyl (C=O) groups excluding carboxylic acids is 2. The number of carbonyl (C=O) groups is 2. The van der Waals surface area contributed by atoms with E-state index in [4.69, 9.17) is 9.47 Å². The number of benzene rings is 1. The number of hydrogen-bond acceptors (Lipinski definition) is 4. The molecule has 2 rings (SSSR count). The molecule has 1 aliphatic rings. The van der Waals surface area contributed by atoms with Crippen LogP contribution in [0.25, 0.3) is 0 Å². The lowest BCUT2D eigenvalue weighted by Crippen LogP contribution is -2.46. The molecule has 0 unspecified atom stereocenters. The first-order valence-corrected chi connectivity index (χ1v) is 7.03. The van der Waals surface area contributed by atoms with E-state index in [1.807, 2.05) is 30.3 Å². The molecule has 0 spiro atoms. The number of esters is 1. The van der Waals surface area contributed by atoms with Crippen LogP contribution in [-0.2, 0) is 20.9 Å². The molecule has 114 valence electrons. The summed E-state index contributed by atoms with van der Waals surface area (Å²) in [5, 5.41) is 2.62. The van der Waals surface area contributed by atoms with Gasteiger partial charge in [0.2, 0.25) is 0 Å². The third-order valence-electron chi connectivity index (χ3n) is 3.09. The largest absolute Gasteiger partial charge is 0.459 e. The zero-order valence-corrected chi connectivity index (χ0v) is 12.6. The van der Waals surface area contributed by atoms with Crippen molar-refractivity contribution in [3.8, 4) is 0 Å². The highest BCUT2D eigenvalue weighted by molar-refractivity contribution is 5.88.